The van der Waals surface area contributed by atoms with Gasteiger partial charge in [-0.25, -0.2) is 0 Å². The monoisotopic (exact) mass is 190 g/mol. The number of rotatable bonds is 0. The van der Waals surface area contributed by atoms with Crippen molar-refractivity contribution in [2.75, 3.05) is 0 Å². The van der Waals surface area contributed by atoms with E-state index in [9.17, 15) is 0 Å². The molecule has 0 saturated heterocycles. The third kappa shape index (κ3) is 29.2. The summed E-state index contributed by atoms with van der Waals surface area (Å²) in [6, 6.07) is 0. The van der Waals surface area contributed by atoms with E-state index in [1.807, 2.05) is 14.4 Å². The predicted molar refractivity (Wildman–Crippen MR) is 14.9 cm³/mol. The van der Waals surface area contributed by atoms with Crippen molar-refractivity contribution in [2.45, 2.75) is 0 Å². The van der Waals surface area contributed by atoms with Crippen LogP contribution in [0.2, 0.25) is 0 Å². The quantitative estimate of drug-likeness (QED) is 0.356. The molecule has 0 bridgehead atoms. The van der Waals surface area contributed by atoms with E-state index in [2.05, 4.69) is 0 Å². The maximum absolute atomic E-state index is 8.94. The van der Waals surface area contributed by atoms with E-state index < -0.39 is 9.38 Å². The second kappa shape index (κ2) is 10.7. The molecule has 0 aromatic heterocycles. The summed E-state index contributed by atoms with van der Waals surface area (Å²) in [6.45, 7) is 0. The first-order chi connectivity index (χ1) is 1.73. The van der Waals surface area contributed by atoms with Gasteiger partial charge in [0.1, 0.15) is 0 Å². The molecule has 0 aliphatic heterocycles. The zero-order valence-electron chi connectivity index (χ0n) is 3.63. The molecule has 2 nitrogen and oxygen atoms in total. The summed E-state index contributed by atoms with van der Waals surface area (Å²) in [4.78, 5) is 0. The van der Waals surface area contributed by atoms with Crippen molar-refractivity contribution < 1.29 is 68.2 Å². The molecule has 0 heterocycles. The summed E-state index contributed by atoms with van der Waals surface area (Å²) in [5, 5.41) is 0. The van der Waals surface area contributed by atoms with E-state index in [1.54, 1.807) is 0 Å². The summed E-state index contributed by atoms with van der Waals surface area (Å²) < 4.78 is 17.9. The molecule has 6 heteroatoms. The van der Waals surface area contributed by atoms with Crippen LogP contribution in [0.3, 0.4) is 0 Å². The predicted octanol–water partition coefficient (Wildman–Crippen LogP) is -6.39. The van der Waals surface area contributed by atoms with Crippen molar-refractivity contribution in [2.24, 2.45) is 0 Å². The molecule has 0 spiro atoms. The Morgan fingerprint density at radius 3 is 1.17 bits per heavy atom. The van der Waals surface area contributed by atoms with E-state index in [0.717, 1.165) is 0 Å². The number of hydrogen-bond donors (Lipinski definition) is 0. The van der Waals surface area contributed by atoms with Gasteiger partial charge in [-0.05, 0) is 0 Å². The van der Waals surface area contributed by atoms with Gasteiger partial charge in [-0.15, -0.1) is 0 Å². The molecule has 0 saturated carbocycles. The zero-order valence-corrected chi connectivity index (χ0v) is 10.2. The molecule has 0 radical (unpaired) electrons. The summed E-state index contributed by atoms with van der Waals surface area (Å²) in [6.07, 6.45) is 0. The van der Waals surface area contributed by atoms with Crippen LogP contribution in [0, 0.1) is 0 Å². The van der Waals surface area contributed by atoms with Crippen molar-refractivity contribution in [1.29, 1.82) is 0 Å². The van der Waals surface area contributed by atoms with Crippen LogP contribution in [0.1, 0.15) is 0 Å². The summed E-state index contributed by atoms with van der Waals surface area (Å²) >= 11 is 1.82. The molecule has 0 aromatic carbocycles. The van der Waals surface area contributed by atoms with Crippen LogP contribution in [0.25, 0.3) is 0 Å². The molecule has 0 unspecified atom stereocenters. The fourth-order valence-corrected chi connectivity index (χ4v) is 0. The fraction of sp³-hybridized carbons (Fsp3) is 0. The standard InChI is InChI=1S/2Na.H2O2SSe/c;;1-3(2)4/h;;(H2,1,2,4)/q2*+1;/p-2. The van der Waals surface area contributed by atoms with E-state index in [0.29, 0.717) is 0 Å². The third-order valence-corrected chi connectivity index (χ3v) is 0. The fourth-order valence-electron chi connectivity index (χ4n) is 0. The van der Waals surface area contributed by atoms with Crippen LogP contribution >= 0.6 is 9.38 Å². The first-order valence-corrected chi connectivity index (χ1v) is 3.60. The Labute approximate surface area is 90.3 Å². The normalized spacial score (nSPS) is 5.83. The van der Waals surface area contributed by atoms with Crippen molar-refractivity contribution >= 4 is 23.8 Å². The minimum atomic E-state index is -1.99. The molecule has 0 aliphatic rings. The van der Waals surface area contributed by atoms with Crippen LogP contribution in [-0.2, 0) is 0 Å². The molecule has 6 heavy (non-hydrogen) atoms. The van der Waals surface area contributed by atoms with Gasteiger partial charge < -0.3 is 0 Å². The molecular formula is Na2O2SSe. The van der Waals surface area contributed by atoms with Crippen LogP contribution in [0.15, 0.2) is 0 Å². The molecule has 0 rings (SSSR count). The third-order valence-electron chi connectivity index (χ3n) is 0. The van der Waals surface area contributed by atoms with E-state index in [1.165, 1.54) is 0 Å². The molecule has 26 valence electrons. The Morgan fingerprint density at radius 2 is 1.17 bits per heavy atom. The molecule has 0 amide bonds. The Kier molecular flexibility index (Phi) is 28.4. The van der Waals surface area contributed by atoms with Gasteiger partial charge >= 0.3 is 92.0 Å². The van der Waals surface area contributed by atoms with Crippen LogP contribution in [-0.4, -0.2) is 23.5 Å². The SMILES string of the molecule is [Na+].[Na+].[O-]S([O-])=[Se]. The zero-order chi connectivity index (χ0) is 3.58. The maximum atomic E-state index is 8.94. The summed E-state index contributed by atoms with van der Waals surface area (Å²) in [5.74, 6) is 0. The first-order valence-electron chi connectivity index (χ1n) is 0.500. The van der Waals surface area contributed by atoms with Crippen LogP contribution in [0.5, 0.6) is 0 Å². The van der Waals surface area contributed by atoms with Crippen molar-refractivity contribution in [3.8, 4) is 0 Å². The van der Waals surface area contributed by atoms with E-state index in [4.69, 9.17) is 9.11 Å². The Morgan fingerprint density at radius 1 is 1.17 bits per heavy atom. The molecular weight excluding hydrogens is 189 g/mol. The van der Waals surface area contributed by atoms with E-state index in [-0.39, 0.29) is 59.1 Å². The second-order valence-corrected chi connectivity index (χ2v) is 2.33. The summed E-state index contributed by atoms with van der Waals surface area (Å²) in [7, 11) is -1.99. The topological polar surface area (TPSA) is 46.1 Å². The minimum absolute atomic E-state index is 0. The van der Waals surface area contributed by atoms with Crippen LogP contribution < -0.4 is 59.1 Å². The number of hydrogen-bond acceptors (Lipinski definition) is 2. The van der Waals surface area contributed by atoms with Gasteiger partial charge in [0.15, 0.2) is 0 Å². The van der Waals surface area contributed by atoms with Crippen LogP contribution in [0.4, 0.5) is 0 Å². The molecule has 0 atom stereocenters. The molecule has 0 aliphatic carbocycles. The molecule has 0 fully saturated rings. The van der Waals surface area contributed by atoms with Gasteiger partial charge in [0.2, 0.25) is 0 Å². The van der Waals surface area contributed by atoms with Crippen molar-refractivity contribution in [3.05, 3.63) is 0 Å². The van der Waals surface area contributed by atoms with Gasteiger partial charge in [-0.2, -0.15) is 0 Å². The average molecular weight is 189 g/mol. The van der Waals surface area contributed by atoms with Gasteiger partial charge in [0.05, 0.1) is 0 Å². The van der Waals surface area contributed by atoms with Gasteiger partial charge in [-0.1, -0.05) is 0 Å². The van der Waals surface area contributed by atoms with Gasteiger partial charge in [0.25, 0.3) is 0 Å². The molecule has 0 N–H and O–H groups in total. The van der Waals surface area contributed by atoms with Crippen molar-refractivity contribution in [3.63, 3.8) is 0 Å². The molecule has 0 aromatic rings. The Hall–Kier alpha value is 2.79. The average Bonchev–Trinajstić information content (AvgIpc) is 0.811. The summed E-state index contributed by atoms with van der Waals surface area (Å²) in [5.41, 5.74) is 0. The Balaban J connectivity index is -0.0000000450. The first kappa shape index (κ1) is 15.9. The Bertz CT molecular complexity index is 34.5. The van der Waals surface area contributed by atoms with Crippen molar-refractivity contribution in [1.82, 2.24) is 0 Å². The second-order valence-electron chi connectivity index (χ2n) is 0.204. The van der Waals surface area contributed by atoms with Gasteiger partial charge in [0, 0.05) is 0 Å². The van der Waals surface area contributed by atoms with Gasteiger partial charge in [-0.3, -0.25) is 0 Å². The van der Waals surface area contributed by atoms with E-state index >= 15 is 0 Å².